The molecule has 0 saturated heterocycles. The molecule has 2 aliphatic carbocycles. The van der Waals surface area contributed by atoms with Crippen molar-refractivity contribution in [3.63, 3.8) is 0 Å². The van der Waals surface area contributed by atoms with Gasteiger partial charge in [-0.2, -0.15) is 23.5 Å². The summed E-state index contributed by atoms with van der Waals surface area (Å²) in [6.45, 7) is 5.12. The van der Waals surface area contributed by atoms with E-state index in [2.05, 4.69) is 254 Å². The number of benzene rings is 10. The van der Waals surface area contributed by atoms with Crippen molar-refractivity contribution < 1.29 is 0 Å². The second-order valence-electron chi connectivity index (χ2n) is 21.5. The quantitative estimate of drug-likeness (QED) is 0.140. The number of hydrogen-bond acceptors (Lipinski definition) is 4. The van der Waals surface area contributed by atoms with Crippen LogP contribution in [0, 0.1) is 0 Å². The third-order valence-electron chi connectivity index (χ3n) is 18.4. The predicted molar refractivity (Wildman–Crippen MR) is 313 cm³/mol. The molecule has 2 fully saturated rings. The zero-order valence-electron chi connectivity index (χ0n) is 41.8. The molecule has 4 heteroatoms. The smallest absolute Gasteiger partial charge is 0.0664 e. The van der Waals surface area contributed by atoms with Crippen LogP contribution < -0.4 is 9.80 Å². The van der Waals surface area contributed by atoms with E-state index in [4.69, 9.17) is 0 Å². The molecule has 0 aromatic heterocycles. The summed E-state index contributed by atoms with van der Waals surface area (Å²) in [6.07, 6.45) is 14.4. The molecule has 10 aromatic carbocycles. The summed E-state index contributed by atoms with van der Waals surface area (Å²) in [7, 11) is 0. The highest BCUT2D eigenvalue weighted by Gasteiger charge is 2.62. The average Bonchev–Trinajstić information content (AvgIpc) is 3.83. The van der Waals surface area contributed by atoms with Crippen LogP contribution in [-0.2, 0) is 9.49 Å². The van der Waals surface area contributed by atoms with Crippen molar-refractivity contribution in [2.45, 2.75) is 85.8 Å². The lowest BCUT2D eigenvalue weighted by Crippen LogP contribution is -2.54. The van der Waals surface area contributed by atoms with Gasteiger partial charge in [-0.1, -0.05) is 165 Å². The molecular weight excluding hydrogens is 909 g/mol. The highest BCUT2D eigenvalue weighted by molar-refractivity contribution is 7.99. The van der Waals surface area contributed by atoms with Gasteiger partial charge in [-0.25, -0.2) is 0 Å². The van der Waals surface area contributed by atoms with Gasteiger partial charge in [0.15, 0.2) is 0 Å². The van der Waals surface area contributed by atoms with Gasteiger partial charge >= 0.3 is 0 Å². The Bertz CT molecular complexity index is 3720. The first-order valence-electron chi connectivity index (χ1n) is 26.3. The molecule has 2 aliphatic heterocycles. The van der Waals surface area contributed by atoms with Gasteiger partial charge in [0.2, 0.25) is 0 Å². The fourth-order valence-electron chi connectivity index (χ4n) is 15.2. The summed E-state index contributed by atoms with van der Waals surface area (Å²) >= 11 is 4.18. The van der Waals surface area contributed by atoms with E-state index in [1.165, 1.54) is 149 Å². The van der Waals surface area contributed by atoms with Crippen LogP contribution in [0.1, 0.15) is 76.3 Å². The third kappa shape index (κ3) is 5.94. The first kappa shape index (κ1) is 44.3. The summed E-state index contributed by atoms with van der Waals surface area (Å²) in [5, 5.41) is 7.97. The summed E-state index contributed by atoms with van der Waals surface area (Å²) in [6, 6.07) is 74.5. The minimum atomic E-state index is -0.0935. The Morgan fingerprint density at radius 1 is 0.361 bits per heavy atom. The molecule has 0 bridgehead atoms. The zero-order chi connectivity index (χ0) is 48.4. The molecule has 4 unspecified atom stereocenters. The van der Waals surface area contributed by atoms with E-state index in [9.17, 15) is 0 Å². The maximum Gasteiger partial charge on any atom is 0.0664 e. The van der Waals surface area contributed by atoms with Crippen LogP contribution in [0.3, 0.4) is 0 Å². The molecule has 2 heterocycles. The molecule has 2 saturated carbocycles. The van der Waals surface area contributed by atoms with Gasteiger partial charge < -0.3 is 9.80 Å². The van der Waals surface area contributed by atoms with E-state index in [0.717, 1.165) is 12.8 Å². The van der Waals surface area contributed by atoms with Crippen molar-refractivity contribution in [1.82, 2.24) is 0 Å². The Kier molecular flexibility index (Phi) is 10.2. The summed E-state index contributed by atoms with van der Waals surface area (Å²) in [5.74, 6) is 0. The van der Waals surface area contributed by atoms with Crippen LogP contribution in [0.5, 0.6) is 0 Å². The van der Waals surface area contributed by atoms with Crippen LogP contribution in [0.2, 0.25) is 0 Å². The minimum Gasteiger partial charge on any atom is -0.334 e. The molecule has 0 spiro atoms. The Balaban J connectivity index is 1.08. The van der Waals surface area contributed by atoms with Crippen molar-refractivity contribution in [2.75, 3.05) is 22.3 Å². The van der Waals surface area contributed by atoms with Gasteiger partial charge in [-0.3, -0.25) is 0 Å². The second kappa shape index (κ2) is 16.5. The van der Waals surface area contributed by atoms with Crippen LogP contribution in [0.4, 0.5) is 22.7 Å². The maximum absolute atomic E-state index is 2.74. The van der Waals surface area contributed by atoms with Crippen LogP contribution in [0.15, 0.2) is 194 Å². The summed E-state index contributed by atoms with van der Waals surface area (Å²) in [5.41, 5.74) is 18.5. The Morgan fingerprint density at radius 2 is 0.806 bits per heavy atom. The van der Waals surface area contributed by atoms with Crippen LogP contribution >= 0.6 is 23.5 Å². The lowest BCUT2D eigenvalue weighted by atomic mass is 9.70. The molecule has 72 heavy (non-hydrogen) atoms. The molecule has 0 radical (unpaired) electrons. The second-order valence-corrected chi connectivity index (χ2v) is 23.8. The Labute approximate surface area is 433 Å². The monoisotopic (exact) mass is 968 g/mol. The molecule has 354 valence electrons. The number of nitrogens with zero attached hydrogens (tertiary/aromatic N) is 2. The van der Waals surface area contributed by atoms with Crippen molar-refractivity contribution in [1.29, 1.82) is 0 Å². The number of thioether (sulfide) groups is 2. The maximum atomic E-state index is 2.74. The van der Waals surface area contributed by atoms with Crippen molar-refractivity contribution in [2.24, 2.45) is 0 Å². The van der Waals surface area contributed by atoms with Crippen molar-refractivity contribution in [3.8, 4) is 44.5 Å². The Hall–Kier alpha value is -6.46. The van der Waals surface area contributed by atoms with Gasteiger partial charge in [0.1, 0.15) is 0 Å². The fraction of sp³-hybridized carbons (Fsp3) is 0.235. The van der Waals surface area contributed by atoms with E-state index in [1.54, 1.807) is 0 Å². The van der Waals surface area contributed by atoms with E-state index < -0.39 is 0 Å². The number of fused-ring (bicyclic) bond motifs is 6. The normalized spacial score (nSPS) is 23.4. The molecule has 14 rings (SSSR count). The molecule has 10 aromatic rings. The average molecular weight is 969 g/mol. The number of hydrogen-bond donors (Lipinski definition) is 0. The molecule has 2 nitrogen and oxygen atoms in total. The highest BCUT2D eigenvalue weighted by atomic mass is 32.2. The molecule has 4 atom stereocenters. The van der Waals surface area contributed by atoms with E-state index in [0.29, 0.717) is 0 Å². The number of para-hydroxylation sites is 2. The Morgan fingerprint density at radius 3 is 1.35 bits per heavy atom. The SMILES string of the molecule is CSC12CCCCC1(C)N(c1ccccc1)c1ccc(-c3cc(-c4ccccc4)c4ccc5c(-c6cccc7c6C6(SC)CCCCC6(C)N7c6ccccc6)cc(-c6ccccc6)c6ccc3c4c65)cc12. The number of rotatable bonds is 8. The van der Waals surface area contributed by atoms with Crippen molar-refractivity contribution >= 4 is 78.6 Å². The molecule has 0 N–H and O–H groups in total. The third-order valence-corrected chi connectivity index (χ3v) is 21.5. The van der Waals surface area contributed by atoms with Gasteiger partial charge in [0.25, 0.3) is 0 Å². The summed E-state index contributed by atoms with van der Waals surface area (Å²) in [4.78, 5) is 5.45. The van der Waals surface area contributed by atoms with E-state index >= 15 is 0 Å². The fourth-order valence-corrected chi connectivity index (χ4v) is 18.0. The van der Waals surface area contributed by atoms with Gasteiger partial charge in [-0.05, 0) is 189 Å². The first-order valence-corrected chi connectivity index (χ1v) is 28.8. The largest absolute Gasteiger partial charge is 0.334 e. The molecule has 4 aliphatic rings. The predicted octanol–water partition coefficient (Wildman–Crippen LogP) is 19.3. The van der Waals surface area contributed by atoms with Gasteiger partial charge in [0, 0.05) is 28.3 Å². The lowest BCUT2D eigenvalue weighted by Gasteiger charge is -2.51. The van der Waals surface area contributed by atoms with Gasteiger partial charge in [0.05, 0.1) is 20.6 Å². The summed E-state index contributed by atoms with van der Waals surface area (Å²) < 4.78 is -0.129. The van der Waals surface area contributed by atoms with E-state index in [-0.39, 0.29) is 20.6 Å². The first-order chi connectivity index (χ1) is 35.3. The minimum absolute atomic E-state index is 0.0352. The van der Waals surface area contributed by atoms with Crippen molar-refractivity contribution in [3.05, 3.63) is 205 Å². The molecular formula is C68H60N2S2. The molecule has 0 amide bonds. The van der Waals surface area contributed by atoms with Crippen LogP contribution in [0.25, 0.3) is 76.8 Å². The van der Waals surface area contributed by atoms with Gasteiger partial charge in [-0.15, -0.1) is 0 Å². The van der Waals surface area contributed by atoms with Crippen LogP contribution in [-0.4, -0.2) is 23.6 Å². The highest BCUT2D eigenvalue weighted by Crippen LogP contribution is 2.68. The standard InChI is InChI=1S/C68H60N2S2/c1-65-38-17-19-40-67(65,71-3)59-42-47(32-37-60(59)69(65)48-26-13-7-14-27-48)57-43-55(45-22-9-5-10-23-45)50-35-36-53-58(44-56(46-24-11-6-12-25-46)51-33-34-52(57)62(50)63(51)53)54-30-21-31-61-64(54)68(72-4)41-20-18-39-66(68,2)70(61)49-28-15-8-16-29-49/h5-16,21-37,42-44H,17-20,38-41H2,1-4H3. The van der Waals surface area contributed by atoms with E-state index in [1.807, 2.05) is 0 Å². The lowest BCUT2D eigenvalue weighted by molar-refractivity contribution is 0.262. The zero-order valence-corrected chi connectivity index (χ0v) is 43.5. The topological polar surface area (TPSA) is 6.48 Å². The number of anilines is 4.